The fraction of sp³-hybridized carbons (Fsp3) is 0.618. The molecule has 4 aliphatic carbocycles. The summed E-state index contributed by atoms with van der Waals surface area (Å²) in [7, 11) is -4.89. The van der Waals surface area contributed by atoms with Crippen LogP contribution < -0.4 is 9.80 Å². The van der Waals surface area contributed by atoms with E-state index in [4.69, 9.17) is 49.3 Å². The summed E-state index contributed by atoms with van der Waals surface area (Å²) >= 11 is 4.07. The Labute approximate surface area is 543 Å². The van der Waals surface area contributed by atoms with Crippen molar-refractivity contribution >= 4 is 71.2 Å². The maximum atomic E-state index is 9.08. The topological polar surface area (TPSA) is 170 Å². The lowest BCUT2D eigenvalue weighted by Crippen LogP contribution is -2.34. The molecule has 0 spiro atoms. The molecule has 0 saturated heterocycles. The summed E-state index contributed by atoms with van der Waals surface area (Å²) in [6.07, 6.45) is 20.3. The molecule has 4 aliphatic rings. The zero-order valence-corrected chi connectivity index (χ0v) is 61.1. The van der Waals surface area contributed by atoms with Gasteiger partial charge in [-0.2, -0.15) is 19.2 Å². The summed E-state index contributed by atoms with van der Waals surface area (Å²) in [5.74, 6) is 17.1. The molecule has 4 bridgehead atoms. The van der Waals surface area contributed by atoms with Crippen LogP contribution in [-0.4, -0.2) is 148 Å². The van der Waals surface area contributed by atoms with Crippen molar-refractivity contribution in [2.24, 2.45) is 23.7 Å². The molecule has 6 aromatic rings. The molecule has 0 aromatic carbocycles. The van der Waals surface area contributed by atoms with Crippen LogP contribution in [0.5, 0.6) is 0 Å². The van der Waals surface area contributed by atoms with E-state index in [2.05, 4.69) is 144 Å². The first-order valence-corrected chi connectivity index (χ1v) is 48.4. The van der Waals surface area contributed by atoms with Gasteiger partial charge in [0.15, 0.2) is 17.1 Å². The molecular weight excluding hydrogens is 1250 g/mol. The molecule has 6 atom stereocenters. The van der Waals surface area contributed by atoms with E-state index in [1.165, 1.54) is 64.2 Å². The molecule has 0 radical (unpaired) electrons. The number of ether oxygens (including phenoxy) is 4. The SMILES string of the molecule is C[Si](C)(C)CCOCN(COCC[Si](C)(C)C)c1c(Br)c(C2C[C@H]3CC[C@@H](C2)C3)nc2c(-c3ccc(C#CCO)nc3)cnn12.C[Si](C)(C)CCOCN(COCC[Si](C)(C)C)c1cc(C2C[C@H]3CC[C@@H](C2)C3)nc2c(-c3ccc(C#CCO)nc3)cnn12. The van der Waals surface area contributed by atoms with Crippen LogP contribution in [0.2, 0.25) is 103 Å². The number of aliphatic hydroxyl groups is 2. The molecule has 4 fully saturated rings. The predicted molar refractivity (Wildman–Crippen MR) is 375 cm³/mol. The minimum atomic E-state index is -1.23. The first-order chi connectivity index (χ1) is 42.4. The highest BCUT2D eigenvalue weighted by molar-refractivity contribution is 9.10. The Bertz CT molecular complexity index is 3340. The minimum absolute atomic E-state index is 0.184. The van der Waals surface area contributed by atoms with Crippen molar-refractivity contribution in [1.82, 2.24) is 39.2 Å². The monoisotopic (exact) mass is 1340 g/mol. The van der Waals surface area contributed by atoms with E-state index in [0.717, 1.165) is 135 Å². The van der Waals surface area contributed by atoms with Crippen molar-refractivity contribution < 1.29 is 29.2 Å². The van der Waals surface area contributed by atoms with Crippen LogP contribution in [0, 0.1) is 47.4 Å². The Morgan fingerprint density at radius 1 is 0.517 bits per heavy atom. The van der Waals surface area contributed by atoms with Crippen molar-refractivity contribution in [1.29, 1.82) is 0 Å². The van der Waals surface area contributed by atoms with Gasteiger partial charge in [-0.3, -0.25) is 0 Å². The first kappa shape index (κ1) is 68.7. The van der Waals surface area contributed by atoms with Crippen LogP contribution in [0.3, 0.4) is 0 Å². The first-order valence-electron chi connectivity index (χ1n) is 32.8. The van der Waals surface area contributed by atoms with E-state index in [9.17, 15) is 0 Å². The van der Waals surface area contributed by atoms with E-state index < -0.39 is 32.3 Å². The summed E-state index contributed by atoms with van der Waals surface area (Å²) in [4.78, 5) is 24.1. The molecule has 10 rings (SSSR count). The number of aromatic nitrogens is 8. The molecule has 16 nitrogen and oxygen atoms in total. The Hall–Kier alpha value is -4.63. The van der Waals surface area contributed by atoms with E-state index >= 15 is 0 Å². The van der Waals surface area contributed by atoms with Gasteiger partial charge in [-0.15, -0.1) is 0 Å². The Balaban J connectivity index is 0.000000211. The van der Waals surface area contributed by atoms with Gasteiger partial charge in [-0.05, 0) is 138 Å². The molecule has 89 heavy (non-hydrogen) atoms. The molecule has 0 amide bonds. The number of fused-ring (bicyclic) bond motifs is 6. The summed E-state index contributed by atoms with van der Waals surface area (Å²) in [5, 5.41) is 27.9. The van der Waals surface area contributed by atoms with Gasteiger partial charge >= 0.3 is 0 Å². The second-order valence-corrected chi connectivity index (χ2v) is 53.7. The van der Waals surface area contributed by atoms with E-state index in [1.807, 2.05) is 58.1 Å². The minimum Gasteiger partial charge on any atom is -0.384 e. The third-order valence-corrected chi connectivity index (χ3v) is 25.6. The smallest absolute Gasteiger partial charge is 0.165 e. The van der Waals surface area contributed by atoms with Gasteiger partial charge in [0, 0.05) is 117 Å². The molecule has 2 unspecified atom stereocenters. The van der Waals surface area contributed by atoms with Gasteiger partial charge in [0.1, 0.15) is 57.3 Å². The van der Waals surface area contributed by atoms with Crippen molar-refractivity contribution in [3.05, 3.63) is 82.4 Å². The highest BCUT2D eigenvalue weighted by atomic mass is 79.9. The van der Waals surface area contributed by atoms with E-state index in [0.29, 0.717) is 50.1 Å². The maximum Gasteiger partial charge on any atom is 0.165 e. The van der Waals surface area contributed by atoms with Crippen LogP contribution in [0.25, 0.3) is 33.5 Å². The van der Waals surface area contributed by atoms with Crippen molar-refractivity contribution in [2.75, 3.05) is 76.4 Å². The van der Waals surface area contributed by atoms with Crippen molar-refractivity contribution in [3.63, 3.8) is 0 Å². The van der Waals surface area contributed by atoms with Gasteiger partial charge in [0.2, 0.25) is 0 Å². The Morgan fingerprint density at radius 2 is 0.921 bits per heavy atom. The van der Waals surface area contributed by atoms with E-state index in [-0.39, 0.29) is 13.2 Å². The largest absolute Gasteiger partial charge is 0.384 e. The molecule has 6 aromatic heterocycles. The molecular formula is C68H101BrN10O6Si4. The number of hydrogen-bond donors (Lipinski definition) is 2. The summed E-state index contributed by atoms with van der Waals surface area (Å²) in [6.45, 7) is 32.9. The third kappa shape index (κ3) is 19.7. The van der Waals surface area contributed by atoms with Gasteiger partial charge < -0.3 is 39.0 Å². The van der Waals surface area contributed by atoms with Crippen LogP contribution >= 0.6 is 15.9 Å². The Morgan fingerprint density at radius 3 is 1.33 bits per heavy atom. The molecule has 0 aliphatic heterocycles. The number of anilines is 2. The number of nitrogens with zero attached hydrogens (tertiary/aromatic N) is 10. The van der Waals surface area contributed by atoms with E-state index in [1.54, 1.807) is 0 Å². The lowest BCUT2D eigenvalue weighted by molar-refractivity contribution is 0.0939. The third-order valence-electron chi connectivity index (χ3n) is 18.0. The van der Waals surface area contributed by atoms with Crippen molar-refractivity contribution in [2.45, 2.75) is 179 Å². The van der Waals surface area contributed by atoms with Crippen LogP contribution in [0.1, 0.15) is 98.8 Å². The van der Waals surface area contributed by atoms with Gasteiger partial charge in [0.05, 0.1) is 22.6 Å². The highest BCUT2D eigenvalue weighted by Crippen LogP contribution is 2.51. The number of halogens is 1. The average molecular weight is 1350 g/mol. The van der Waals surface area contributed by atoms with Crippen LogP contribution in [-0.2, 0) is 18.9 Å². The molecule has 6 heterocycles. The molecule has 482 valence electrons. The van der Waals surface area contributed by atoms with Crippen LogP contribution in [0.4, 0.5) is 11.6 Å². The number of rotatable bonds is 26. The number of aliphatic hydroxyl groups excluding tert-OH is 2. The van der Waals surface area contributed by atoms with Gasteiger partial charge in [-0.25, -0.2) is 19.9 Å². The quantitative estimate of drug-likeness (QED) is 0.0228. The second kappa shape index (κ2) is 30.9. The van der Waals surface area contributed by atoms with Crippen molar-refractivity contribution in [3.8, 4) is 45.9 Å². The van der Waals surface area contributed by atoms with Crippen LogP contribution in [0.15, 0.2) is 59.6 Å². The normalized spacial score (nSPS) is 20.0. The molecule has 4 saturated carbocycles. The zero-order valence-electron chi connectivity index (χ0n) is 55.5. The molecule has 21 heteroatoms. The Kier molecular flexibility index (Phi) is 23.8. The zero-order chi connectivity index (χ0) is 63.5. The predicted octanol–water partition coefficient (Wildman–Crippen LogP) is 14.5. The molecule has 2 N–H and O–H groups in total. The summed E-state index contributed by atoms with van der Waals surface area (Å²) in [6, 6.07) is 14.5. The summed E-state index contributed by atoms with van der Waals surface area (Å²) in [5.41, 5.74) is 8.91. The average Bonchev–Trinajstić information content (AvgIpc) is 1.95. The lowest BCUT2D eigenvalue weighted by atomic mass is 9.79. The maximum absolute atomic E-state index is 9.08. The number of hydrogen-bond acceptors (Lipinski definition) is 14. The van der Waals surface area contributed by atoms with Gasteiger partial charge in [-0.1, -0.05) is 116 Å². The second-order valence-electron chi connectivity index (χ2n) is 30.4. The summed E-state index contributed by atoms with van der Waals surface area (Å²) < 4.78 is 30.3. The van der Waals surface area contributed by atoms with Gasteiger partial charge in [0.25, 0.3) is 0 Å². The number of pyridine rings is 2. The lowest BCUT2D eigenvalue weighted by Gasteiger charge is -2.31. The highest BCUT2D eigenvalue weighted by Gasteiger charge is 2.39. The standard InChI is InChI=1S/C34H50BrN5O3Si2.C34H51N5O3Si2/c1-44(2,3)16-14-42-23-39(24-43-15-17-45(4,5)6)34-31(35)32(28-19-25-9-10-26(18-25)20-28)38-33-30(22-37-40(33)34)27-11-12-29(36-21-27)8-7-13-41;1-43(2,3)16-14-41-24-38(25-42-15-17-44(4,5)6)33-21-32(29-19-26-9-10-27(18-26)20-29)37-34-31(23-36-39(33)34)28-11-12-30(35-22-28)8-7-13-40/h11-12,21-22,25-26,28,41H,9-10,13-20,23-24H2,1-6H3;11-12,21-23,26-27,29,40H,9-10,13-20,24-25H2,1-6H3/t25-,26+,28?;26-,27+,29?. The fourth-order valence-electron chi connectivity index (χ4n) is 12.9. The fourth-order valence-corrected chi connectivity index (χ4v) is 16.7.